The van der Waals surface area contributed by atoms with Gasteiger partial charge in [-0.15, -0.1) is 0 Å². The Morgan fingerprint density at radius 1 is 0.964 bits per heavy atom. The topological polar surface area (TPSA) is 88.4 Å². The summed E-state index contributed by atoms with van der Waals surface area (Å²) in [5, 5.41) is 12.5. The van der Waals surface area contributed by atoms with Crippen molar-refractivity contribution in [3.05, 3.63) is 70.0 Å². The van der Waals surface area contributed by atoms with Gasteiger partial charge in [0, 0.05) is 0 Å². The first-order valence-electron chi connectivity index (χ1n) is 9.27. The van der Waals surface area contributed by atoms with Gasteiger partial charge < -0.3 is 0 Å². The standard InChI is InChI=1S/C21H22N2O4Se/c24-19(15-9-4-3-5-10-15)22-13-6-1-2-7-14-23-20(25)18-16(21(26)27)11-8-12-17(18)28-23/h3-5,8-12H,1-2,6-7,13-14H2,(H,22,24)(H,26,27). The molecule has 6 nitrogen and oxygen atoms in total. The molecule has 0 aliphatic carbocycles. The van der Waals surface area contributed by atoms with E-state index < -0.39 is 5.97 Å². The minimum atomic E-state index is -1.06. The third kappa shape index (κ3) is 4.80. The Balaban J connectivity index is 1.43. The van der Waals surface area contributed by atoms with E-state index in [0.717, 1.165) is 29.9 Å². The van der Waals surface area contributed by atoms with Gasteiger partial charge in [0.05, 0.1) is 0 Å². The zero-order chi connectivity index (χ0) is 19.9. The van der Waals surface area contributed by atoms with Gasteiger partial charge in [-0.25, -0.2) is 0 Å². The van der Waals surface area contributed by atoms with E-state index >= 15 is 0 Å². The molecule has 0 saturated heterocycles. The van der Waals surface area contributed by atoms with Crippen LogP contribution in [0, 0.1) is 0 Å². The Kier molecular flexibility index (Phi) is 6.85. The van der Waals surface area contributed by atoms with Gasteiger partial charge in [0.2, 0.25) is 0 Å². The molecule has 0 bridgehead atoms. The predicted octanol–water partition coefficient (Wildman–Crippen LogP) is 2.75. The molecule has 2 aromatic carbocycles. The number of fused-ring (bicyclic) bond motifs is 1. The summed E-state index contributed by atoms with van der Waals surface area (Å²) >= 11 is -0.151. The van der Waals surface area contributed by atoms with Crippen LogP contribution in [0.3, 0.4) is 0 Å². The zero-order valence-electron chi connectivity index (χ0n) is 15.4. The van der Waals surface area contributed by atoms with Crippen molar-refractivity contribution in [1.29, 1.82) is 0 Å². The van der Waals surface area contributed by atoms with Crippen molar-refractivity contribution in [2.45, 2.75) is 32.2 Å². The number of nitrogens with one attached hydrogen (secondary N) is 1. The summed E-state index contributed by atoms with van der Waals surface area (Å²) in [4.78, 5) is 35.8. The van der Waals surface area contributed by atoms with Crippen LogP contribution in [0.4, 0.5) is 0 Å². The van der Waals surface area contributed by atoms with Gasteiger partial charge in [0.1, 0.15) is 0 Å². The van der Waals surface area contributed by atoms with Gasteiger partial charge in [0.25, 0.3) is 0 Å². The molecule has 0 radical (unpaired) electrons. The summed E-state index contributed by atoms with van der Waals surface area (Å²) < 4.78 is 2.63. The summed E-state index contributed by atoms with van der Waals surface area (Å²) in [7, 11) is 0. The van der Waals surface area contributed by atoms with Gasteiger partial charge in [-0.3, -0.25) is 0 Å². The molecule has 1 heterocycles. The summed E-state index contributed by atoms with van der Waals surface area (Å²) in [5.41, 5.74) is 0.599. The first-order valence-corrected chi connectivity index (χ1v) is 10.9. The van der Waals surface area contributed by atoms with Crippen molar-refractivity contribution in [2.24, 2.45) is 0 Å². The van der Waals surface area contributed by atoms with Crippen molar-refractivity contribution in [2.75, 3.05) is 6.54 Å². The van der Waals surface area contributed by atoms with Crippen LogP contribution in [0.5, 0.6) is 0 Å². The van der Waals surface area contributed by atoms with Crippen LogP contribution < -0.4 is 10.9 Å². The van der Waals surface area contributed by atoms with Crippen LogP contribution >= 0.6 is 0 Å². The van der Waals surface area contributed by atoms with Crippen molar-refractivity contribution in [3.8, 4) is 0 Å². The number of carbonyl (C=O) groups is 2. The molecule has 3 aromatic rings. The second kappa shape index (κ2) is 9.53. The molecule has 0 saturated carbocycles. The number of aryl methyl sites for hydroxylation is 1. The fourth-order valence-corrected chi connectivity index (χ4v) is 5.29. The maximum absolute atomic E-state index is 12.5. The molecule has 0 aliphatic heterocycles. The molecule has 28 heavy (non-hydrogen) atoms. The summed E-state index contributed by atoms with van der Waals surface area (Å²) in [6, 6.07) is 14.2. The van der Waals surface area contributed by atoms with Crippen LogP contribution in [-0.4, -0.2) is 41.8 Å². The number of carboxylic acids is 1. The van der Waals surface area contributed by atoms with E-state index in [4.69, 9.17) is 0 Å². The Labute approximate surface area is 168 Å². The molecule has 1 amide bonds. The molecule has 0 spiro atoms. The fourth-order valence-electron chi connectivity index (χ4n) is 3.07. The first-order chi connectivity index (χ1) is 13.6. The van der Waals surface area contributed by atoms with Gasteiger partial charge >= 0.3 is 163 Å². The maximum atomic E-state index is 12.5. The van der Waals surface area contributed by atoms with Crippen molar-refractivity contribution >= 4 is 36.3 Å². The molecular weight excluding hydrogens is 423 g/mol. The van der Waals surface area contributed by atoms with E-state index in [9.17, 15) is 19.5 Å². The van der Waals surface area contributed by atoms with Gasteiger partial charge in [-0.2, -0.15) is 0 Å². The van der Waals surface area contributed by atoms with E-state index in [0.29, 0.717) is 24.0 Å². The number of unbranched alkanes of at least 4 members (excludes halogenated alkanes) is 3. The SMILES string of the molecule is O=C(NCCCCCCn1[se]c2cccc(C(=O)O)c2c1=O)c1ccccc1. The molecule has 0 atom stereocenters. The third-order valence-corrected chi connectivity index (χ3v) is 6.83. The number of nitrogens with zero attached hydrogens (tertiary/aromatic N) is 1. The second-order valence-electron chi connectivity index (χ2n) is 6.52. The quantitative estimate of drug-likeness (QED) is 0.392. The summed E-state index contributed by atoms with van der Waals surface area (Å²) in [6.07, 6.45) is 3.69. The van der Waals surface area contributed by atoms with Crippen molar-refractivity contribution < 1.29 is 14.7 Å². The molecule has 1 aromatic heterocycles. The normalized spacial score (nSPS) is 10.9. The van der Waals surface area contributed by atoms with E-state index in [1.807, 2.05) is 24.3 Å². The molecule has 146 valence electrons. The molecule has 0 aliphatic rings. The molecule has 2 N–H and O–H groups in total. The molecule has 3 rings (SSSR count). The molecule has 7 heteroatoms. The number of aromatic carboxylic acids is 1. The average Bonchev–Trinajstić information content (AvgIpc) is 3.03. The van der Waals surface area contributed by atoms with E-state index in [2.05, 4.69) is 5.32 Å². The fraction of sp³-hybridized carbons (Fsp3) is 0.286. The molecular formula is C21H22N2O4Se. The zero-order valence-corrected chi connectivity index (χ0v) is 17.1. The minimum absolute atomic E-state index is 0.0574. The van der Waals surface area contributed by atoms with Gasteiger partial charge in [0.15, 0.2) is 0 Å². The number of hydrogen-bond donors (Lipinski definition) is 2. The Morgan fingerprint density at radius 2 is 1.71 bits per heavy atom. The summed E-state index contributed by atoms with van der Waals surface area (Å²) in [6.45, 7) is 1.27. The number of aromatic nitrogens is 1. The van der Waals surface area contributed by atoms with E-state index in [-0.39, 0.29) is 31.8 Å². The third-order valence-electron chi connectivity index (χ3n) is 4.52. The monoisotopic (exact) mass is 446 g/mol. The number of carbonyl (C=O) groups excluding carboxylic acids is 1. The van der Waals surface area contributed by atoms with Crippen LogP contribution in [0.2, 0.25) is 0 Å². The van der Waals surface area contributed by atoms with Crippen molar-refractivity contribution in [1.82, 2.24) is 8.88 Å². The first kappa shape index (κ1) is 20.1. The molecule has 0 fully saturated rings. The average molecular weight is 445 g/mol. The van der Waals surface area contributed by atoms with Crippen LogP contribution in [-0.2, 0) is 6.54 Å². The van der Waals surface area contributed by atoms with Crippen LogP contribution in [0.25, 0.3) is 9.65 Å². The van der Waals surface area contributed by atoms with Crippen LogP contribution in [0.1, 0.15) is 46.4 Å². The number of hydrogen-bond acceptors (Lipinski definition) is 3. The number of rotatable bonds is 9. The Morgan fingerprint density at radius 3 is 2.46 bits per heavy atom. The van der Waals surface area contributed by atoms with E-state index in [1.54, 1.807) is 21.8 Å². The predicted molar refractivity (Wildman–Crippen MR) is 109 cm³/mol. The number of amides is 1. The number of benzene rings is 2. The van der Waals surface area contributed by atoms with Gasteiger partial charge in [-0.1, -0.05) is 6.07 Å². The van der Waals surface area contributed by atoms with Gasteiger partial charge in [-0.05, 0) is 0 Å². The van der Waals surface area contributed by atoms with E-state index in [1.165, 1.54) is 6.07 Å². The van der Waals surface area contributed by atoms with Crippen molar-refractivity contribution in [3.63, 3.8) is 0 Å². The Bertz CT molecular complexity index is 1020. The number of carboxylic acid groups (broad SMARTS) is 1. The Hall–Kier alpha value is -2.63. The second-order valence-corrected chi connectivity index (χ2v) is 8.75. The van der Waals surface area contributed by atoms with Crippen LogP contribution in [0.15, 0.2) is 53.3 Å². The molecule has 0 unspecified atom stereocenters. The summed E-state index contributed by atoms with van der Waals surface area (Å²) in [5.74, 6) is -1.11.